The number of amides is 2. The third kappa shape index (κ3) is 8.95. The predicted molar refractivity (Wildman–Crippen MR) is 188 cm³/mol. The van der Waals surface area contributed by atoms with Crippen molar-refractivity contribution in [2.75, 3.05) is 39.2 Å². The van der Waals surface area contributed by atoms with Crippen LogP contribution in [-0.4, -0.2) is 68.7 Å². The van der Waals surface area contributed by atoms with Crippen molar-refractivity contribution in [2.45, 2.75) is 25.4 Å². The first kappa shape index (κ1) is 39.9. The summed E-state index contributed by atoms with van der Waals surface area (Å²) in [6.45, 7) is 1.98. The fourth-order valence-corrected chi connectivity index (χ4v) is 5.46. The second-order valence-electron chi connectivity index (χ2n) is 11.4. The molecular weight excluding hydrogens is 721 g/mol. The SMILES string of the molecule is CCOC(=O)C(COC(=O)Oc1ccc(NC(=O)c2ccccc2-c2ccc(C(F)(F)F)cc2)c(C(=O)N(C)C)c1Cl)(C(=O)OCC)c1ccccc1. The minimum Gasteiger partial charge on any atom is -0.465 e. The van der Waals surface area contributed by atoms with E-state index in [1.807, 2.05) is 0 Å². The monoisotopic (exact) mass is 754 g/mol. The molecule has 11 nitrogen and oxygen atoms in total. The maximum atomic E-state index is 13.6. The number of benzene rings is 4. The average Bonchev–Trinajstić information content (AvgIpc) is 3.13. The van der Waals surface area contributed by atoms with Crippen LogP contribution in [0.15, 0.2) is 91.0 Å². The van der Waals surface area contributed by atoms with Crippen molar-refractivity contribution in [1.82, 2.24) is 4.90 Å². The van der Waals surface area contributed by atoms with Gasteiger partial charge in [-0.25, -0.2) is 4.79 Å². The van der Waals surface area contributed by atoms with E-state index in [4.69, 9.17) is 30.5 Å². The molecule has 15 heteroatoms. The van der Waals surface area contributed by atoms with Gasteiger partial charge in [0.25, 0.3) is 11.8 Å². The van der Waals surface area contributed by atoms with Gasteiger partial charge in [0.15, 0.2) is 5.75 Å². The third-order valence-corrected chi connectivity index (χ3v) is 8.16. The summed E-state index contributed by atoms with van der Waals surface area (Å²) >= 11 is 6.60. The fourth-order valence-electron chi connectivity index (χ4n) is 5.17. The summed E-state index contributed by atoms with van der Waals surface area (Å²) in [6.07, 6.45) is -5.96. The Morgan fingerprint density at radius 2 is 1.32 bits per heavy atom. The quantitative estimate of drug-likeness (QED) is 0.0672. The second-order valence-corrected chi connectivity index (χ2v) is 11.8. The molecule has 1 N–H and O–H groups in total. The molecule has 0 aliphatic carbocycles. The average molecular weight is 755 g/mol. The summed E-state index contributed by atoms with van der Waals surface area (Å²) in [6, 6.07) is 20.6. The minimum atomic E-state index is -4.55. The Labute approximate surface area is 307 Å². The Bertz CT molecular complexity index is 1970. The highest BCUT2D eigenvalue weighted by Crippen LogP contribution is 2.37. The van der Waals surface area contributed by atoms with Crippen LogP contribution in [0.1, 0.15) is 45.7 Å². The normalized spacial score (nSPS) is 11.2. The zero-order valence-corrected chi connectivity index (χ0v) is 29.7. The van der Waals surface area contributed by atoms with Gasteiger partial charge in [-0.15, -0.1) is 0 Å². The van der Waals surface area contributed by atoms with E-state index in [-0.39, 0.29) is 41.3 Å². The van der Waals surface area contributed by atoms with Crippen molar-refractivity contribution in [3.05, 3.63) is 118 Å². The highest BCUT2D eigenvalue weighted by atomic mass is 35.5. The number of esters is 2. The van der Waals surface area contributed by atoms with E-state index in [0.29, 0.717) is 11.1 Å². The van der Waals surface area contributed by atoms with Gasteiger partial charge in [-0.3, -0.25) is 19.2 Å². The Hall–Kier alpha value is -5.89. The highest BCUT2D eigenvalue weighted by molar-refractivity contribution is 6.36. The van der Waals surface area contributed by atoms with Crippen LogP contribution in [0.5, 0.6) is 5.75 Å². The zero-order chi connectivity index (χ0) is 38.9. The van der Waals surface area contributed by atoms with E-state index in [1.54, 1.807) is 36.4 Å². The number of carbonyl (C=O) groups is 5. The molecule has 4 aromatic carbocycles. The smallest absolute Gasteiger partial charge is 0.465 e. The molecule has 0 saturated carbocycles. The molecule has 0 unspecified atom stereocenters. The lowest BCUT2D eigenvalue weighted by Gasteiger charge is -2.28. The number of ether oxygens (including phenoxy) is 4. The molecule has 2 amide bonds. The lowest BCUT2D eigenvalue weighted by atomic mass is 9.81. The first-order valence-electron chi connectivity index (χ1n) is 16.0. The van der Waals surface area contributed by atoms with E-state index in [2.05, 4.69) is 5.32 Å². The van der Waals surface area contributed by atoms with Crippen LogP contribution < -0.4 is 10.1 Å². The molecular formula is C38H34ClF3N2O9. The topological polar surface area (TPSA) is 138 Å². The number of carbonyl (C=O) groups excluding carboxylic acids is 5. The van der Waals surface area contributed by atoms with Crippen molar-refractivity contribution in [3.63, 3.8) is 0 Å². The van der Waals surface area contributed by atoms with Crippen LogP contribution in [0, 0.1) is 0 Å². The lowest BCUT2D eigenvalue weighted by molar-refractivity contribution is -0.167. The standard InChI is InChI=1S/C38H34ClF3N2O9/c1-5-50-34(47)37(35(48)51-6-2,24-12-8-7-9-13-24)22-52-36(49)53-29-21-20-28(30(31(29)39)33(46)44(3)4)43-32(45)27-15-11-10-14-26(27)23-16-18-25(19-17-23)38(40,41)42/h7-21H,5-6,22H2,1-4H3,(H,43,45). The van der Waals surface area contributed by atoms with Gasteiger partial charge in [0.1, 0.15) is 6.61 Å². The Morgan fingerprint density at radius 1 is 0.736 bits per heavy atom. The highest BCUT2D eigenvalue weighted by Gasteiger charge is 2.52. The fraction of sp³-hybridized carbons (Fsp3) is 0.237. The molecule has 0 fully saturated rings. The first-order valence-corrected chi connectivity index (χ1v) is 16.4. The van der Waals surface area contributed by atoms with Gasteiger partial charge in [0.05, 0.1) is 35.1 Å². The summed E-state index contributed by atoms with van der Waals surface area (Å²) in [5.41, 5.74) is -2.60. The number of alkyl halides is 3. The van der Waals surface area contributed by atoms with Gasteiger partial charge in [-0.1, -0.05) is 72.3 Å². The van der Waals surface area contributed by atoms with Crippen LogP contribution in [-0.2, 0) is 35.4 Å². The molecule has 0 radical (unpaired) electrons. The number of nitrogens with one attached hydrogen (secondary N) is 1. The van der Waals surface area contributed by atoms with E-state index in [9.17, 15) is 37.1 Å². The second kappa shape index (κ2) is 17.1. The number of anilines is 1. The number of hydrogen-bond donors (Lipinski definition) is 1. The molecule has 0 aromatic heterocycles. The van der Waals surface area contributed by atoms with Gasteiger partial charge in [0, 0.05) is 19.7 Å². The molecule has 0 spiro atoms. The van der Waals surface area contributed by atoms with Crippen LogP contribution in [0.2, 0.25) is 5.02 Å². The maximum absolute atomic E-state index is 13.6. The summed E-state index contributed by atoms with van der Waals surface area (Å²) in [4.78, 5) is 67.8. The summed E-state index contributed by atoms with van der Waals surface area (Å²) in [5.74, 6) is -3.87. The zero-order valence-electron chi connectivity index (χ0n) is 28.9. The van der Waals surface area contributed by atoms with Crippen molar-refractivity contribution in [3.8, 4) is 16.9 Å². The van der Waals surface area contributed by atoms with Crippen molar-refractivity contribution < 1.29 is 56.1 Å². The van der Waals surface area contributed by atoms with Crippen molar-refractivity contribution in [2.24, 2.45) is 0 Å². The number of halogens is 4. The van der Waals surface area contributed by atoms with Crippen molar-refractivity contribution in [1.29, 1.82) is 0 Å². The molecule has 0 aliphatic heterocycles. The van der Waals surface area contributed by atoms with Gasteiger partial charge in [0.2, 0.25) is 5.41 Å². The molecule has 4 aromatic rings. The molecule has 0 atom stereocenters. The van der Waals surface area contributed by atoms with Crippen LogP contribution in [0.4, 0.5) is 23.7 Å². The van der Waals surface area contributed by atoms with E-state index < -0.39 is 58.7 Å². The largest absolute Gasteiger partial charge is 0.513 e. The van der Waals surface area contributed by atoms with Crippen LogP contribution in [0.25, 0.3) is 11.1 Å². The van der Waals surface area contributed by atoms with Gasteiger partial charge < -0.3 is 29.2 Å². The molecule has 4 rings (SSSR count). The molecule has 0 heterocycles. The van der Waals surface area contributed by atoms with Gasteiger partial charge >= 0.3 is 24.3 Å². The molecule has 0 aliphatic rings. The third-order valence-electron chi connectivity index (χ3n) is 7.78. The van der Waals surface area contributed by atoms with Crippen LogP contribution in [0.3, 0.4) is 0 Å². The summed E-state index contributed by atoms with van der Waals surface area (Å²) in [5, 5.41) is 2.21. The number of rotatable bonds is 12. The van der Waals surface area contributed by atoms with Gasteiger partial charge in [-0.2, -0.15) is 13.2 Å². The van der Waals surface area contributed by atoms with E-state index >= 15 is 0 Å². The Morgan fingerprint density at radius 3 is 1.89 bits per heavy atom. The van der Waals surface area contributed by atoms with E-state index in [1.165, 1.54) is 70.4 Å². The van der Waals surface area contributed by atoms with Gasteiger partial charge in [-0.05, 0) is 60.9 Å². The first-order chi connectivity index (χ1) is 25.1. The number of nitrogens with zero attached hydrogens (tertiary/aromatic N) is 1. The maximum Gasteiger partial charge on any atom is 0.513 e. The Kier molecular flexibility index (Phi) is 12.9. The molecule has 0 bridgehead atoms. The van der Waals surface area contributed by atoms with Crippen molar-refractivity contribution >= 4 is 47.2 Å². The number of hydrogen-bond acceptors (Lipinski definition) is 9. The molecule has 0 saturated heterocycles. The summed E-state index contributed by atoms with van der Waals surface area (Å²) in [7, 11) is 2.83. The minimum absolute atomic E-state index is 0.0700. The molecule has 53 heavy (non-hydrogen) atoms. The van der Waals surface area contributed by atoms with Crippen LogP contribution >= 0.6 is 11.6 Å². The van der Waals surface area contributed by atoms with E-state index in [0.717, 1.165) is 17.0 Å². The Balaban J connectivity index is 1.64. The predicted octanol–water partition coefficient (Wildman–Crippen LogP) is 7.56. The summed E-state index contributed by atoms with van der Waals surface area (Å²) < 4.78 is 60.4. The lowest BCUT2D eigenvalue weighted by Crippen LogP contribution is -2.50. The molecule has 278 valence electrons.